The third kappa shape index (κ3) is 6.78. The van der Waals surface area contributed by atoms with Crippen LogP contribution in [0.5, 0.6) is 5.75 Å². The first-order chi connectivity index (χ1) is 15.0. The molecule has 0 radical (unpaired) electrons. The molecule has 0 heterocycles. The lowest BCUT2D eigenvalue weighted by atomic mass is 9.86. The van der Waals surface area contributed by atoms with Crippen LogP contribution in [0, 0.1) is 6.92 Å². The Bertz CT molecular complexity index is 1070. The van der Waals surface area contributed by atoms with Gasteiger partial charge in [0.2, 0.25) is 0 Å². The monoisotopic (exact) mass is 445 g/mol. The average Bonchev–Trinajstić information content (AvgIpc) is 2.72. The molecule has 0 saturated heterocycles. The molecule has 3 aromatic rings. The molecule has 2 nitrogen and oxygen atoms in total. The Morgan fingerprint density at radius 3 is 2.16 bits per heavy atom. The van der Waals surface area contributed by atoms with E-state index in [-0.39, 0.29) is 11.0 Å². The van der Waals surface area contributed by atoms with Gasteiger partial charge in [-0.25, -0.2) is 0 Å². The highest BCUT2D eigenvalue weighted by Gasteiger charge is 2.19. The summed E-state index contributed by atoms with van der Waals surface area (Å²) in [6.07, 6.45) is 2.02. The molecule has 1 unspecified atom stereocenters. The zero-order valence-electron chi connectivity index (χ0n) is 20.5. The van der Waals surface area contributed by atoms with Gasteiger partial charge in [0.1, 0.15) is 12.4 Å². The van der Waals surface area contributed by atoms with Gasteiger partial charge in [-0.15, -0.1) is 0 Å². The van der Waals surface area contributed by atoms with Crippen LogP contribution in [-0.4, -0.2) is 11.8 Å². The Labute approximate surface area is 195 Å². The smallest absolute Gasteiger partial charge is 0.130 e. The van der Waals surface area contributed by atoms with E-state index in [4.69, 9.17) is 9.73 Å². The Hall–Kier alpha value is -2.44. The molecule has 3 aromatic carbocycles. The van der Waals surface area contributed by atoms with Crippen molar-refractivity contribution >= 4 is 25.4 Å². The number of aryl methyl sites for hydroxylation is 1. The molecule has 0 aromatic heterocycles. The van der Waals surface area contributed by atoms with E-state index >= 15 is 0 Å². The van der Waals surface area contributed by atoms with E-state index in [1.54, 1.807) is 0 Å². The van der Waals surface area contributed by atoms with Gasteiger partial charge in [0.05, 0.1) is 5.54 Å². The quantitative estimate of drug-likeness (QED) is 0.305. The average molecular weight is 446 g/mol. The second kappa shape index (κ2) is 10.0. The molecule has 3 heteroatoms. The van der Waals surface area contributed by atoms with Crippen LogP contribution < -0.4 is 15.3 Å². The first kappa shape index (κ1) is 24.2. The first-order valence-corrected chi connectivity index (χ1v) is 12.3. The summed E-state index contributed by atoms with van der Waals surface area (Å²) in [6, 6.07) is 23.6. The van der Waals surface area contributed by atoms with Gasteiger partial charge < -0.3 is 4.74 Å². The minimum atomic E-state index is -0.0943. The fourth-order valence-electron chi connectivity index (χ4n) is 3.35. The fraction of sp³-hybridized carbons (Fsp3) is 0.345. The van der Waals surface area contributed by atoms with Gasteiger partial charge in [0, 0.05) is 17.1 Å². The van der Waals surface area contributed by atoms with E-state index < -0.39 is 0 Å². The van der Waals surface area contributed by atoms with E-state index in [1.165, 1.54) is 32.9 Å². The third-order valence-electron chi connectivity index (χ3n) is 5.19. The number of rotatable bonds is 6. The van der Waals surface area contributed by atoms with E-state index in [9.17, 15) is 0 Å². The topological polar surface area (TPSA) is 21.6 Å². The second-order valence-electron chi connectivity index (χ2n) is 10.3. The Kier molecular flexibility index (Phi) is 7.57. The molecule has 0 amide bonds. The normalized spacial score (nSPS) is 12.7. The van der Waals surface area contributed by atoms with Crippen molar-refractivity contribution in [3.05, 3.63) is 89.0 Å². The minimum absolute atomic E-state index is 0.0785. The van der Waals surface area contributed by atoms with Crippen molar-refractivity contribution in [2.45, 2.75) is 66.0 Å². The van der Waals surface area contributed by atoms with Crippen LogP contribution in [0.15, 0.2) is 71.7 Å². The molecule has 0 fully saturated rings. The van der Waals surface area contributed by atoms with Crippen molar-refractivity contribution < 1.29 is 4.74 Å². The Morgan fingerprint density at radius 2 is 1.50 bits per heavy atom. The van der Waals surface area contributed by atoms with E-state index in [0.29, 0.717) is 15.2 Å². The molecule has 0 saturated carbocycles. The minimum Gasteiger partial charge on any atom is -0.488 e. The van der Waals surface area contributed by atoms with Crippen molar-refractivity contribution in [2.24, 2.45) is 4.99 Å². The van der Waals surface area contributed by atoms with Gasteiger partial charge in [-0.1, -0.05) is 90.0 Å². The molecular formula is C29H36NOP. The summed E-state index contributed by atoms with van der Waals surface area (Å²) in [5.41, 5.74) is 4.87. The molecule has 0 N–H and O–H groups in total. The number of benzene rings is 3. The molecule has 0 aliphatic rings. The molecule has 0 spiro atoms. The predicted molar refractivity (Wildman–Crippen MR) is 142 cm³/mol. The third-order valence-corrected chi connectivity index (χ3v) is 6.55. The van der Waals surface area contributed by atoms with Crippen molar-refractivity contribution in [1.82, 2.24) is 0 Å². The SMILES string of the molecule is Cc1cc(C(C)(C)C)cc(Pc2ccccc2/C=N/C(C)(C)C)c1OCc1ccccc1. The summed E-state index contributed by atoms with van der Waals surface area (Å²) in [6.45, 7) is 15.9. The molecule has 0 aliphatic heterocycles. The summed E-state index contributed by atoms with van der Waals surface area (Å²) in [5, 5.41) is 2.54. The van der Waals surface area contributed by atoms with Crippen molar-refractivity contribution in [3.8, 4) is 5.75 Å². The largest absolute Gasteiger partial charge is 0.488 e. The Balaban J connectivity index is 2.00. The van der Waals surface area contributed by atoms with Gasteiger partial charge >= 0.3 is 0 Å². The molecule has 0 aliphatic carbocycles. The highest BCUT2D eigenvalue weighted by molar-refractivity contribution is 7.56. The lowest BCUT2D eigenvalue weighted by Gasteiger charge is -2.24. The van der Waals surface area contributed by atoms with Gasteiger partial charge in [0.15, 0.2) is 0 Å². The molecule has 1 atom stereocenters. The van der Waals surface area contributed by atoms with Crippen LogP contribution in [0.25, 0.3) is 0 Å². The summed E-state index contributed by atoms with van der Waals surface area (Å²) >= 11 is 0. The van der Waals surface area contributed by atoms with Crippen LogP contribution in [-0.2, 0) is 12.0 Å². The maximum absolute atomic E-state index is 6.42. The van der Waals surface area contributed by atoms with E-state index in [0.717, 1.165) is 5.75 Å². The summed E-state index contributed by atoms with van der Waals surface area (Å²) in [5.74, 6) is 1.00. The fourth-order valence-corrected chi connectivity index (χ4v) is 4.73. The highest BCUT2D eigenvalue weighted by atomic mass is 31.1. The van der Waals surface area contributed by atoms with Gasteiger partial charge in [-0.3, -0.25) is 4.99 Å². The van der Waals surface area contributed by atoms with E-state index in [2.05, 4.69) is 109 Å². The maximum Gasteiger partial charge on any atom is 0.130 e. The molecule has 3 rings (SSSR count). The lowest BCUT2D eigenvalue weighted by Crippen LogP contribution is -2.18. The summed E-state index contributed by atoms with van der Waals surface area (Å²) < 4.78 is 6.42. The van der Waals surface area contributed by atoms with Crippen LogP contribution in [0.3, 0.4) is 0 Å². The molecule has 0 bridgehead atoms. The Morgan fingerprint density at radius 1 is 0.844 bits per heavy atom. The number of ether oxygens (including phenoxy) is 1. The van der Waals surface area contributed by atoms with E-state index in [1.807, 2.05) is 12.3 Å². The summed E-state index contributed by atoms with van der Waals surface area (Å²) in [7, 11) is 0.491. The van der Waals surface area contributed by atoms with Crippen LogP contribution in [0.4, 0.5) is 0 Å². The van der Waals surface area contributed by atoms with Gasteiger partial charge in [-0.05, 0) is 61.2 Å². The standard InChI is InChI=1S/C29H36NOP/c1-21-17-24(28(2,3)4)18-26(27(21)31-20-22-13-9-8-10-14-22)32-25-16-12-11-15-23(25)19-30-29(5,6)7/h8-19,32H,20H2,1-7H3/b30-19+. The molecule has 32 heavy (non-hydrogen) atoms. The van der Waals surface area contributed by atoms with Crippen molar-refractivity contribution in [3.63, 3.8) is 0 Å². The second-order valence-corrected chi connectivity index (χ2v) is 11.7. The zero-order chi connectivity index (χ0) is 23.4. The van der Waals surface area contributed by atoms with Gasteiger partial charge in [0.25, 0.3) is 0 Å². The zero-order valence-corrected chi connectivity index (χ0v) is 21.5. The van der Waals surface area contributed by atoms with Crippen LogP contribution in [0.2, 0.25) is 0 Å². The van der Waals surface area contributed by atoms with Crippen molar-refractivity contribution in [1.29, 1.82) is 0 Å². The number of hydrogen-bond donors (Lipinski definition) is 0. The van der Waals surface area contributed by atoms with Gasteiger partial charge in [-0.2, -0.15) is 0 Å². The maximum atomic E-state index is 6.42. The number of aliphatic imine (C=N–C) groups is 1. The predicted octanol–water partition coefficient (Wildman–Crippen LogP) is 6.72. The number of hydrogen-bond acceptors (Lipinski definition) is 2. The summed E-state index contributed by atoms with van der Waals surface area (Å²) in [4.78, 5) is 4.75. The first-order valence-electron chi connectivity index (χ1n) is 11.3. The highest BCUT2D eigenvalue weighted by Crippen LogP contribution is 2.31. The number of nitrogens with zero attached hydrogens (tertiary/aromatic N) is 1. The molecule has 168 valence electrons. The lowest BCUT2D eigenvalue weighted by molar-refractivity contribution is 0.306. The van der Waals surface area contributed by atoms with Crippen LogP contribution in [0.1, 0.15) is 63.8 Å². The molecular weight excluding hydrogens is 409 g/mol. The van der Waals surface area contributed by atoms with Crippen LogP contribution >= 0.6 is 8.58 Å². The van der Waals surface area contributed by atoms with Crippen molar-refractivity contribution in [2.75, 3.05) is 0 Å².